The Morgan fingerprint density at radius 3 is 1.94 bits per heavy atom. The van der Waals surface area contributed by atoms with E-state index in [1.807, 2.05) is 0 Å². The monoisotopic (exact) mass is 503 g/mol. The predicted molar refractivity (Wildman–Crippen MR) is 136 cm³/mol. The highest BCUT2D eigenvalue weighted by atomic mass is 16.6. The number of nitrogens with zero attached hydrogens (tertiary/aromatic N) is 1. The number of nitrogens with one attached hydrogen (secondary N) is 1. The van der Waals surface area contributed by atoms with Gasteiger partial charge < -0.3 is 43.5 Å². The van der Waals surface area contributed by atoms with E-state index < -0.39 is 18.2 Å². The van der Waals surface area contributed by atoms with Crippen LogP contribution in [0, 0.1) is 0 Å². The molecule has 0 unspecified atom stereocenters. The minimum atomic E-state index is -0.911. The number of ether oxygens (including phenoxy) is 2. The van der Waals surface area contributed by atoms with E-state index >= 15 is 0 Å². The molecule has 2 atom stereocenters. The van der Waals surface area contributed by atoms with Crippen LogP contribution >= 0.6 is 0 Å². The van der Waals surface area contributed by atoms with Gasteiger partial charge in [-0.15, -0.1) is 0 Å². The van der Waals surface area contributed by atoms with Crippen LogP contribution in [0.25, 0.3) is 0 Å². The molecule has 0 heterocycles. The molecule has 0 saturated heterocycles. The number of hydrogen-bond donors (Lipinski definition) is 6. The van der Waals surface area contributed by atoms with Crippen LogP contribution in [0.2, 0.25) is 0 Å². The van der Waals surface area contributed by atoms with E-state index in [1.165, 1.54) is 4.90 Å². The second kappa shape index (κ2) is 22.3. The average molecular weight is 504 g/mol. The van der Waals surface area contributed by atoms with Crippen molar-refractivity contribution in [2.75, 3.05) is 45.9 Å². The molecule has 0 radical (unpaired) electrons. The molecule has 206 valence electrons. The average Bonchev–Trinajstić information content (AvgIpc) is 2.82. The maximum Gasteiger partial charge on any atom is 0.410 e. The van der Waals surface area contributed by atoms with E-state index in [1.54, 1.807) is 0 Å². The Bertz CT molecular complexity index is 568. The van der Waals surface area contributed by atoms with E-state index in [9.17, 15) is 14.4 Å². The van der Waals surface area contributed by atoms with Crippen molar-refractivity contribution in [3.63, 3.8) is 0 Å². The molecule has 12 nitrogen and oxygen atoms in total. The lowest BCUT2D eigenvalue weighted by Crippen LogP contribution is -2.47. The van der Waals surface area contributed by atoms with Gasteiger partial charge >= 0.3 is 12.2 Å². The lowest BCUT2D eigenvalue weighted by molar-refractivity contribution is -0.123. The van der Waals surface area contributed by atoms with Crippen molar-refractivity contribution in [2.24, 2.45) is 28.7 Å². The Kier molecular flexibility index (Phi) is 21.0. The first-order valence-electron chi connectivity index (χ1n) is 12.8. The van der Waals surface area contributed by atoms with Gasteiger partial charge in [-0.25, -0.2) is 9.59 Å². The first kappa shape index (κ1) is 32.8. The van der Waals surface area contributed by atoms with Crippen molar-refractivity contribution in [3.8, 4) is 0 Å². The minimum Gasteiger partial charge on any atom is -0.448 e. The number of carbonyl (C=O) groups excluding carboxylic acids is 3. The molecule has 0 bridgehead atoms. The Morgan fingerprint density at radius 1 is 0.743 bits per heavy atom. The second-order valence-corrected chi connectivity index (χ2v) is 8.78. The molecule has 0 aliphatic carbocycles. The zero-order valence-electron chi connectivity index (χ0n) is 21.3. The van der Waals surface area contributed by atoms with Gasteiger partial charge in [0.1, 0.15) is 19.8 Å². The third-order valence-corrected chi connectivity index (χ3v) is 5.47. The fourth-order valence-corrected chi connectivity index (χ4v) is 3.48. The summed E-state index contributed by atoms with van der Waals surface area (Å²) in [6.45, 7) is 2.02. The maximum absolute atomic E-state index is 12.7. The zero-order valence-corrected chi connectivity index (χ0v) is 21.3. The molecule has 0 aliphatic heterocycles. The van der Waals surface area contributed by atoms with Crippen LogP contribution in [0.5, 0.6) is 0 Å². The number of carbonyl (C=O) groups is 3. The van der Waals surface area contributed by atoms with Crippen molar-refractivity contribution in [2.45, 2.75) is 82.7 Å². The first-order valence-corrected chi connectivity index (χ1v) is 12.8. The van der Waals surface area contributed by atoms with E-state index in [4.69, 9.17) is 38.1 Å². The molecule has 0 aromatic rings. The van der Waals surface area contributed by atoms with Crippen molar-refractivity contribution in [1.82, 2.24) is 10.2 Å². The van der Waals surface area contributed by atoms with Gasteiger partial charge in [0.05, 0.1) is 6.04 Å². The number of amides is 3. The molecule has 0 rings (SSSR count). The van der Waals surface area contributed by atoms with Crippen molar-refractivity contribution in [1.29, 1.82) is 0 Å². The molecule has 0 aliphatic rings. The standard InChI is InChI=1S/C23H49N7O5/c24-12-6-2-1-3-9-15-30(23(33)35-17-19(27)10-4-7-13-25)16-21(31)29-20(11-5-8-14-26)18-34-22(28)32/h19-20H,1-18,24-27H2,(H2,28,32)(H,29,31)/t19-,20+/m1/s1. The lowest BCUT2D eigenvalue weighted by atomic mass is 10.1. The highest BCUT2D eigenvalue weighted by Gasteiger charge is 2.21. The highest BCUT2D eigenvalue weighted by Crippen LogP contribution is 2.07. The Morgan fingerprint density at radius 2 is 1.31 bits per heavy atom. The van der Waals surface area contributed by atoms with Crippen LogP contribution in [0.3, 0.4) is 0 Å². The number of primary amides is 1. The van der Waals surface area contributed by atoms with E-state index in [0.717, 1.165) is 57.8 Å². The molecule has 0 saturated carbocycles. The number of nitrogens with two attached hydrogens (primary N) is 5. The largest absolute Gasteiger partial charge is 0.448 e. The van der Waals surface area contributed by atoms with Gasteiger partial charge in [0.25, 0.3) is 0 Å². The lowest BCUT2D eigenvalue weighted by Gasteiger charge is -2.24. The topological polar surface area (TPSA) is 215 Å². The molecule has 0 aromatic heterocycles. The summed E-state index contributed by atoms with van der Waals surface area (Å²) in [6.07, 6.45) is 7.69. The van der Waals surface area contributed by atoms with Gasteiger partial charge in [0.15, 0.2) is 0 Å². The van der Waals surface area contributed by atoms with Crippen molar-refractivity contribution >= 4 is 18.1 Å². The summed E-state index contributed by atoms with van der Waals surface area (Å²) in [6, 6.07) is -0.707. The minimum absolute atomic E-state index is 0.0467. The van der Waals surface area contributed by atoms with Gasteiger partial charge in [-0.3, -0.25) is 9.69 Å². The van der Waals surface area contributed by atoms with Crippen LogP contribution in [0.15, 0.2) is 0 Å². The molecule has 3 amide bonds. The molecular weight excluding hydrogens is 454 g/mol. The normalized spacial score (nSPS) is 12.6. The molecule has 0 aromatic carbocycles. The molecule has 12 heteroatoms. The summed E-state index contributed by atoms with van der Waals surface area (Å²) >= 11 is 0. The van der Waals surface area contributed by atoms with Crippen molar-refractivity contribution in [3.05, 3.63) is 0 Å². The fourth-order valence-electron chi connectivity index (χ4n) is 3.48. The molecule has 0 spiro atoms. The van der Waals surface area contributed by atoms with Crippen LogP contribution in [-0.2, 0) is 14.3 Å². The summed E-state index contributed by atoms with van der Waals surface area (Å²) in [5.74, 6) is -0.372. The van der Waals surface area contributed by atoms with Gasteiger partial charge in [-0.2, -0.15) is 0 Å². The van der Waals surface area contributed by atoms with Crippen molar-refractivity contribution < 1.29 is 23.9 Å². The Labute approximate surface area is 209 Å². The quantitative estimate of drug-likeness (QED) is 0.113. The smallest absolute Gasteiger partial charge is 0.410 e. The molecular formula is C23H49N7O5. The van der Waals surface area contributed by atoms with Crippen LogP contribution < -0.4 is 34.0 Å². The second-order valence-electron chi connectivity index (χ2n) is 8.78. The maximum atomic E-state index is 12.7. The van der Waals surface area contributed by atoms with Gasteiger partial charge in [-0.1, -0.05) is 32.1 Å². The molecule has 11 N–H and O–H groups in total. The van der Waals surface area contributed by atoms with Crippen LogP contribution in [0.1, 0.15) is 70.6 Å². The fraction of sp³-hybridized carbons (Fsp3) is 0.870. The van der Waals surface area contributed by atoms with E-state index in [0.29, 0.717) is 39.0 Å². The van der Waals surface area contributed by atoms with E-state index in [2.05, 4.69) is 5.32 Å². The Balaban J connectivity index is 4.88. The van der Waals surface area contributed by atoms with Crippen LogP contribution in [-0.4, -0.2) is 81.0 Å². The summed E-state index contributed by atoms with van der Waals surface area (Å²) < 4.78 is 10.3. The third kappa shape index (κ3) is 19.8. The number of hydrogen-bond acceptors (Lipinski definition) is 9. The van der Waals surface area contributed by atoms with Crippen LogP contribution in [0.4, 0.5) is 9.59 Å². The number of unbranched alkanes of at least 4 members (excludes halogenated alkanes) is 6. The zero-order chi connectivity index (χ0) is 26.3. The summed E-state index contributed by atoms with van der Waals surface area (Å²) in [5, 5.41) is 2.82. The van der Waals surface area contributed by atoms with E-state index in [-0.39, 0.29) is 31.7 Å². The summed E-state index contributed by atoms with van der Waals surface area (Å²) in [4.78, 5) is 37.8. The first-order chi connectivity index (χ1) is 16.8. The van der Waals surface area contributed by atoms with Gasteiger partial charge in [-0.05, 0) is 58.2 Å². The number of rotatable bonds is 22. The summed E-state index contributed by atoms with van der Waals surface area (Å²) in [7, 11) is 0. The molecule has 35 heavy (non-hydrogen) atoms. The Hall–Kier alpha value is -2.15. The van der Waals surface area contributed by atoms with Gasteiger partial charge in [0.2, 0.25) is 5.91 Å². The predicted octanol–water partition coefficient (Wildman–Crippen LogP) is 0.500. The molecule has 0 fully saturated rings. The highest BCUT2D eigenvalue weighted by molar-refractivity contribution is 5.82. The summed E-state index contributed by atoms with van der Waals surface area (Å²) in [5.41, 5.74) is 27.6. The third-order valence-electron chi connectivity index (χ3n) is 5.47. The van der Waals surface area contributed by atoms with Gasteiger partial charge in [0, 0.05) is 12.6 Å². The SMILES string of the molecule is NCCCCCCCN(CC(=O)N[C@@H](CCCCN)COC(N)=O)C(=O)OC[C@H](N)CCCCN.